The highest BCUT2D eigenvalue weighted by atomic mass is 35.5. The Morgan fingerprint density at radius 1 is 1.48 bits per heavy atom. The third kappa shape index (κ3) is 4.73. The van der Waals surface area contributed by atoms with E-state index in [0.717, 1.165) is 42.9 Å². The molecule has 2 N–H and O–H groups in total. The van der Waals surface area contributed by atoms with Gasteiger partial charge in [0.15, 0.2) is 5.13 Å². The van der Waals surface area contributed by atoms with Gasteiger partial charge in [0.2, 0.25) is 0 Å². The fourth-order valence-corrected chi connectivity index (χ4v) is 3.92. The molecule has 4 nitrogen and oxygen atoms in total. The monoisotopic (exact) mass is 373 g/mol. The van der Waals surface area contributed by atoms with Gasteiger partial charge >= 0.3 is 0 Å². The van der Waals surface area contributed by atoms with Gasteiger partial charge in [0.25, 0.3) is 0 Å². The van der Waals surface area contributed by atoms with E-state index in [-0.39, 0.29) is 5.82 Å². The summed E-state index contributed by atoms with van der Waals surface area (Å²) in [6.07, 6.45) is 5.13. The van der Waals surface area contributed by atoms with Crippen LogP contribution in [0, 0.1) is 5.82 Å². The first-order valence-corrected chi connectivity index (χ1v) is 9.46. The lowest BCUT2D eigenvalue weighted by atomic mass is 10.2. The predicted molar refractivity (Wildman–Crippen MR) is 95.1 cm³/mol. The lowest BCUT2D eigenvalue weighted by molar-refractivity contribution is 0.107. The summed E-state index contributed by atoms with van der Waals surface area (Å²) in [5.41, 5.74) is 0.612. The van der Waals surface area contributed by atoms with Gasteiger partial charge < -0.3 is 14.8 Å². The zero-order valence-electron chi connectivity index (χ0n) is 12.4. The summed E-state index contributed by atoms with van der Waals surface area (Å²) in [6, 6.07) is 3.06. The fraction of sp³-hybridized carbons (Fsp3) is 0.400. The third-order valence-electron chi connectivity index (χ3n) is 3.51. The van der Waals surface area contributed by atoms with Crippen molar-refractivity contribution in [3.05, 3.63) is 34.5 Å². The molecule has 1 fully saturated rings. The summed E-state index contributed by atoms with van der Waals surface area (Å²) in [4.78, 5) is 4.53. The lowest BCUT2D eigenvalue weighted by Crippen LogP contribution is -2.12. The Morgan fingerprint density at radius 2 is 2.39 bits per heavy atom. The molecule has 1 aromatic carbocycles. The van der Waals surface area contributed by atoms with Gasteiger partial charge in [0, 0.05) is 24.7 Å². The van der Waals surface area contributed by atoms with E-state index in [0.29, 0.717) is 28.3 Å². The number of thiazole rings is 1. The highest BCUT2D eigenvalue weighted by Crippen LogP contribution is 2.32. The van der Waals surface area contributed by atoms with Crippen molar-refractivity contribution in [1.82, 2.24) is 4.98 Å². The molecule has 23 heavy (non-hydrogen) atoms. The summed E-state index contributed by atoms with van der Waals surface area (Å²) in [5, 5.41) is 6.27. The molecule has 0 radical (unpaired) electrons. The number of nitrogens with zero attached hydrogens (tertiary/aromatic N) is 1. The van der Waals surface area contributed by atoms with Crippen molar-refractivity contribution in [2.45, 2.75) is 30.3 Å². The first-order valence-electron chi connectivity index (χ1n) is 7.39. The number of hydrogen-bond acceptors (Lipinski definition) is 6. The summed E-state index contributed by atoms with van der Waals surface area (Å²) in [5.74, 6) is -0.317. The molecule has 0 bridgehead atoms. The molecule has 1 aliphatic heterocycles. The number of ether oxygens (including phenoxy) is 1. The topological polar surface area (TPSA) is 46.2 Å². The SMILES string of the molecule is Fc1cc(NCCC2CCCO2)c(Cl)cc1SNc1nccs1. The highest BCUT2D eigenvalue weighted by Gasteiger charge is 2.15. The van der Waals surface area contributed by atoms with Gasteiger partial charge in [-0.15, -0.1) is 11.3 Å². The Bertz CT molecular complexity index is 636. The molecule has 3 rings (SSSR count). The summed E-state index contributed by atoms with van der Waals surface area (Å²) < 4.78 is 22.8. The van der Waals surface area contributed by atoms with E-state index >= 15 is 0 Å². The molecule has 1 saturated heterocycles. The number of nitrogens with one attached hydrogen (secondary N) is 2. The zero-order chi connectivity index (χ0) is 16.1. The van der Waals surface area contributed by atoms with Crippen molar-refractivity contribution in [3.63, 3.8) is 0 Å². The quantitative estimate of drug-likeness (QED) is 0.666. The van der Waals surface area contributed by atoms with Crippen molar-refractivity contribution in [2.75, 3.05) is 23.2 Å². The second-order valence-electron chi connectivity index (χ2n) is 5.15. The van der Waals surface area contributed by atoms with Crippen molar-refractivity contribution in [3.8, 4) is 0 Å². The third-order valence-corrected chi connectivity index (χ3v) is 5.47. The average molecular weight is 374 g/mol. The van der Waals surface area contributed by atoms with Crippen LogP contribution in [0.5, 0.6) is 0 Å². The zero-order valence-corrected chi connectivity index (χ0v) is 14.7. The minimum absolute atomic E-state index is 0.309. The number of aromatic nitrogens is 1. The Hall–Kier alpha value is -1.02. The molecule has 1 aromatic heterocycles. The first kappa shape index (κ1) is 16.8. The van der Waals surface area contributed by atoms with Crippen molar-refractivity contribution < 1.29 is 9.13 Å². The molecule has 0 aliphatic carbocycles. The number of anilines is 2. The van der Waals surface area contributed by atoms with Crippen LogP contribution in [-0.4, -0.2) is 24.2 Å². The molecule has 1 unspecified atom stereocenters. The molecule has 2 heterocycles. The van der Waals surface area contributed by atoms with E-state index < -0.39 is 0 Å². The van der Waals surface area contributed by atoms with Crippen LogP contribution >= 0.6 is 34.9 Å². The van der Waals surface area contributed by atoms with Gasteiger partial charge in [0.1, 0.15) is 5.82 Å². The van der Waals surface area contributed by atoms with Crippen molar-refractivity contribution in [2.24, 2.45) is 0 Å². The second kappa shape index (κ2) is 8.19. The minimum Gasteiger partial charge on any atom is -0.384 e. The van der Waals surface area contributed by atoms with Gasteiger partial charge in [-0.25, -0.2) is 9.37 Å². The number of rotatable bonds is 7. The van der Waals surface area contributed by atoms with Crippen LogP contribution in [0.15, 0.2) is 28.6 Å². The van der Waals surface area contributed by atoms with E-state index in [4.69, 9.17) is 16.3 Å². The van der Waals surface area contributed by atoms with E-state index in [1.54, 1.807) is 12.3 Å². The van der Waals surface area contributed by atoms with E-state index in [2.05, 4.69) is 15.0 Å². The largest absolute Gasteiger partial charge is 0.384 e. The number of hydrogen-bond donors (Lipinski definition) is 2. The maximum absolute atomic E-state index is 14.2. The molecular weight excluding hydrogens is 357 g/mol. The van der Waals surface area contributed by atoms with E-state index in [1.807, 2.05) is 5.38 Å². The minimum atomic E-state index is -0.317. The molecule has 1 atom stereocenters. The van der Waals surface area contributed by atoms with Crippen LogP contribution in [0.25, 0.3) is 0 Å². The van der Waals surface area contributed by atoms with Gasteiger partial charge in [-0.05, 0) is 43.3 Å². The second-order valence-corrected chi connectivity index (χ2v) is 7.30. The summed E-state index contributed by atoms with van der Waals surface area (Å²) in [6.45, 7) is 1.56. The van der Waals surface area contributed by atoms with Crippen molar-refractivity contribution >= 4 is 45.7 Å². The molecule has 0 spiro atoms. The first-order chi connectivity index (χ1) is 11.2. The Kier molecular flexibility index (Phi) is 5.99. The maximum atomic E-state index is 14.2. The normalized spacial score (nSPS) is 17.4. The Balaban J connectivity index is 1.55. The summed E-state index contributed by atoms with van der Waals surface area (Å²) in [7, 11) is 0. The van der Waals surface area contributed by atoms with Crippen LogP contribution in [0.3, 0.4) is 0 Å². The average Bonchev–Trinajstić information content (AvgIpc) is 3.22. The van der Waals surface area contributed by atoms with Crippen LogP contribution < -0.4 is 10.0 Å². The molecular formula is C15H17ClFN3OS2. The van der Waals surface area contributed by atoms with Gasteiger partial charge in [-0.3, -0.25) is 0 Å². The predicted octanol–water partition coefficient (Wildman–Crippen LogP) is 5.04. The number of halogens is 2. The molecule has 0 saturated carbocycles. The maximum Gasteiger partial charge on any atom is 0.192 e. The number of benzene rings is 1. The Labute approximate surface area is 147 Å². The molecule has 124 valence electrons. The standard InChI is InChI=1S/C15H17ClFN3OS2/c16-11-8-14(23-20-15-19-5-7-22-15)12(17)9-13(11)18-4-3-10-2-1-6-21-10/h5,7-10,18H,1-4,6H2,(H,19,20). The van der Waals surface area contributed by atoms with Gasteiger partial charge in [-0.2, -0.15) is 0 Å². The Morgan fingerprint density at radius 3 is 3.13 bits per heavy atom. The van der Waals surface area contributed by atoms with Crippen LogP contribution in [-0.2, 0) is 4.74 Å². The highest BCUT2D eigenvalue weighted by molar-refractivity contribution is 8.00. The lowest BCUT2D eigenvalue weighted by Gasteiger charge is -2.13. The molecule has 1 aliphatic rings. The van der Waals surface area contributed by atoms with Gasteiger partial charge in [-0.1, -0.05) is 11.6 Å². The molecule has 2 aromatic rings. The molecule has 8 heteroatoms. The smallest absolute Gasteiger partial charge is 0.192 e. The van der Waals surface area contributed by atoms with Gasteiger partial charge in [0.05, 0.1) is 21.7 Å². The molecule has 0 amide bonds. The van der Waals surface area contributed by atoms with E-state index in [9.17, 15) is 4.39 Å². The van der Waals surface area contributed by atoms with Crippen molar-refractivity contribution in [1.29, 1.82) is 0 Å². The summed E-state index contributed by atoms with van der Waals surface area (Å²) >= 11 is 8.86. The fourth-order valence-electron chi connectivity index (χ4n) is 2.35. The van der Waals surface area contributed by atoms with Crippen LogP contribution in [0.1, 0.15) is 19.3 Å². The van der Waals surface area contributed by atoms with E-state index in [1.165, 1.54) is 17.4 Å². The van der Waals surface area contributed by atoms with Crippen LogP contribution in [0.2, 0.25) is 5.02 Å². The van der Waals surface area contributed by atoms with Crippen LogP contribution in [0.4, 0.5) is 15.2 Å².